The van der Waals surface area contributed by atoms with E-state index >= 15 is 0 Å². The van der Waals surface area contributed by atoms with Gasteiger partial charge >= 0.3 is 0 Å². The Labute approximate surface area is 475 Å². The Morgan fingerprint density at radius 1 is 0.224 bits per heavy atom. The Bertz CT molecular complexity index is 1440. The van der Waals surface area contributed by atoms with Crippen LogP contribution in [0.25, 0.3) is 0 Å². The second-order valence-corrected chi connectivity index (χ2v) is 25.0. The molecule has 0 bridgehead atoms. The lowest BCUT2D eigenvalue weighted by atomic mass is 10.0. The van der Waals surface area contributed by atoms with Crippen LogP contribution in [-0.2, 0) is 0 Å². The Kier molecular flexibility index (Phi) is 48.6. The summed E-state index contributed by atoms with van der Waals surface area (Å²) in [5.74, 6) is 0. The fraction of sp³-hybridized carbons (Fsp3) is 0.831. The maximum Gasteiger partial charge on any atom is 0.100 e. The standard InChI is InChI=1S/C71H131N5/c72-58-44-36-28-20-12-5-1-3-7-14-22-30-38-46-60-74-63-49-55-69(66-74)52-41-33-25-17-9-10-18-26-34-42-53-70-56-50-65-76(67-70)62-48-40-32-24-16-11-19-27-35-43-54-71-57-51-64-75(68-71)61-47-39-31-23-15-8-4-2-6-13-21-29-37-45-59-73/h49-51,55-57,66-68H,1-48,52-54,58-65,72-73H2/p+3. The molecule has 440 valence electrons. The van der Waals surface area contributed by atoms with Crippen LogP contribution in [0.5, 0.6) is 0 Å². The SMILES string of the molecule is NCCCCCCCCCCCCCCCC[NH+]1C=C(CCCCCCCCCCCCC2=C[NH+](CCCCCCCCCCCCC3=C[NH+](CCCCCCCCCCCCCCCCN)CC=C3)CC=C2)C=CC1. The molecular weight excluding hydrogens is 923 g/mol. The van der Waals surface area contributed by atoms with E-state index in [9.17, 15) is 0 Å². The maximum atomic E-state index is 5.60. The van der Waals surface area contributed by atoms with Gasteiger partial charge in [0.2, 0.25) is 0 Å². The molecule has 3 heterocycles. The van der Waals surface area contributed by atoms with Gasteiger partial charge in [-0.25, -0.2) is 0 Å². The predicted molar refractivity (Wildman–Crippen MR) is 337 cm³/mol. The molecule has 0 radical (unpaired) electrons. The molecule has 0 saturated carbocycles. The lowest BCUT2D eigenvalue weighted by Crippen LogP contribution is -3.07. The zero-order chi connectivity index (χ0) is 53.5. The summed E-state index contributed by atoms with van der Waals surface area (Å²) in [7, 11) is 0. The summed E-state index contributed by atoms with van der Waals surface area (Å²) >= 11 is 0. The van der Waals surface area contributed by atoms with Crippen molar-refractivity contribution in [1.82, 2.24) is 0 Å². The van der Waals surface area contributed by atoms with E-state index in [0.29, 0.717) is 0 Å². The molecule has 0 aromatic heterocycles. The summed E-state index contributed by atoms with van der Waals surface area (Å²) in [5.41, 5.74) is 16.0. The number of unbranched alkanes of at least 4 members (excludes halogenated alkanes) is 44. The van der Waals surface area contributed by atoms with Gasteiger partial charge in [0.15, 0.2) is 0 Å². The first-order valence-electron chi connectivity index (χ1n) is 34.8. The minimum absolute atomic E-state index is 0.867. The molecule has 0 saturated heterocycles. The maximum absolute atomic E-state index is 5.60. The Morgan fingerprint density at radius 2 is 0.395 bits per heavy atom. The molecule has 7 N–H and O–H groups in total. The number of hydrogen-bond donors (Lipinski definition) is 5. The van der Waals surface area contributed by atoms with Crippen LogP contribution in [0, 0.1) is 0 Å². The molecule has 0 fully saturated rings. The first-order chi connectivity index (χ1) is 37.8. The number of nitrogens with one attached hydrogen (secondary N) is 3. The van der Waals surface area contributed by atoms with Crippen LogP contribution < -0.4 is 26.2 Å². The smallest absolute Gasteiger partial charge is 0.100 e. The van der Waals surface area contributed by atoms with Gasteiger partial charge in [-0.05, 0) is 121 Å². The highest BCUT2D eigenvalue weighted by Gasteiger charge is 2.13. The van der Waals surface area contributed by atoms with E-state index in [-0.39, 0.29) is 0 Å². The van der Waals surface area contributed by atoms with Gasteiger partial charge in [-0.2, -0.15) is 0 Å². The lowest BCUT2D eigenvalue weighted by Gasteiger charge is -2.18. The van der Waals surface area contributed by atoms with Gasteiger partial charge < -0.3 is 26.2 Å². The van der Waals surface area contributed by atoms with Crippen molar-refractivity contribution >= 4 is 0 Å². The van der Waals surface area contributed by atoms with Crippen molar-refractivity contribution in [3.05, 3.63) is 71.8 Å². The van der Waals surface area contributed by atoms with E-state index in [1.807, 2.05) is 0 Å². The van der Waals surface area contributed by atoms with Crippen LogP contribution in [0.3, 0.4) is 0 Å². The molecule has 5 nitrogen and oxygen atoms in total. The van der Waals surface area contributed by atoms with Crippen molar-refractivity contribution in [3.63, 3.8) is 0 Å². The summed E-state index contributed by atoms with van der Waals surface area (Å²) in [6, 6.07) is 0. The highest BCUT2D eigenvalue weighted by Crippen LogP contribution is 2.19. The first-order valence-corrected chi connectivity index (χ1v) is 34.8. The highest BCUT2D eigenvalue weighted by atomic mass is 15.1. The minimum Gasteiger partial charge on any atom is -0.330 e. The summed E-state index contributed by atoms with van der Waals surface area (Å²) in [6.45, 7) is 9.29. The van der Waals surface area contributed by atoms with Crippen molar-refractivity contribution in [2.45, 2.75) is 327 Å². The Balaban J connectivity index is 1.01. The molecule has 3 aliphatic rings. The van der Waals surface area contributed by atoms with Crippen LogP contribution in [0.2, 0.25) is 0 Å². The van der Waals surface area contributed by atoms with Crippen LogP contribution in [0.1, 0.15) is 327 Å². The van der Waals surface area contributed by atoms with Gasteiger partial charge in [0.1, 0.15) is 19.6 Å². The van der Waals surface area contributed by atoms with Crippen molar-refractivity contribution in [1.29, 1.82) is 0 Å². The third kappa shape index (κ3) is 43.1. The average molecular weight is 1060 g/mol. The van der Waals surface area contributed by atoms with E-state index in [2.05, 4.69) is 55.1 Å². The van der Waals surface area contributed by atoms with Crippen molar-refractivity contribution in [2.24, 2.45) is 11.5 Å². The largest absolute Gasteiger partial charge is 0.330 e. The van der Waals surface area contributed by atoms with E-state index < -0.39 is 0 Å². The quantitative estimate of drug-likeness (QED) is 0.0394. The normalized spacial score (nSPS) is 17.4. The van der Waals surface area contributed by atoms with Gasteiger partial charge in [0, 0.05) is 16.7 Å². The van der Waals surface area contributed by atoms with Gasteiger partial charge in [-0.3, -0.25) is 0 Å². The second-order valence-electron chi connectivity index (χ2n) is 25.0. The number of quaternary nitrogens is 3. The molecular formula is C71H134N5+3. The number of hydrogen-bond acceptors (Lipinski definition) is 2. The van der Waals surface area contributed by atoms with E-state index in [4.69, 9.17) is 11.5 Å². The van der Waals surface area contributed by atoms with Gasteiger partial charge in [0.05, 0.1) is 38.2 Å². The average Bonchev–Trinajstić information content (AvgIpc) is 3.44. The van der Waals surface area contributed by atoms with Gasteiger partial charge in [-0.15, -0.1) is 0 Å². The molecule has 0 aliphatic carbocycles. The summed E-state index contributed by atoms with van der Waals surface area (Å²) in [6.07, 6.45) is 94.1. The molecule has 0 aromatic carbocycles. The monoisotopic (exact) mass is 1060 g/mol. The molecule has 3 unspecified atom stereocenters. The molecule has 5 heteroatoms. The number of nitrogens with two attached hydrogens (primary N) is 2. The zero-order valence-corrected chi connectivity index (χ0v) is 51.1. The zero-order valence-electron chi connectivity index (χ0n) is 51.1. The summed E-state index contributed by atoms with van der Waals surface area (Å²) < 4.78 is 0. The molecule has 0 amide bonds. The third-order valence-corrected chi connectivity index (χ3v) is 17.6. The summed E-state index contributed by atoms with van der Waals surface area (Å²) in [4.78, 5) is 5.09. The van der Waals surface area contributed by atoms with E-state index in [0.717, 1.165) is 13.1 Å². The molecule has 3 rings (SSSR count). The van der Waals surface area contributed by atoms with Crippen molar-refractivity contribution < 1.29 is 14.7 Å². The topological polar surface area (TPSA) is 65.4 Å². The lowest BCUT2D eigenvalue weighted by molar-refractivity contribution is -0.842. The Hall–Kier alpha value is -1.76. The van der Waals surface area contributed by atoms with Crippen LogP contribution >= 0.6 is 0 Å². The molecule has 0 spiro atoms. The molecule has 3 atom stereocenters. The third-order valence-electron chi connectivity index (χ3n) is 17.6. The Morgan fingerprint density at radius 3 is 0.592 bits per heavy atom. The van der Waals surface area contributed by atoms with Crippen LogP contribution in [0.4, 0.5) is 0 Å². The van der Waals surface area contributed by atoms with Gasteiger partial charge in [-0.1, -0.05) is 256 Å². The van der Waals surface area contributed by atoms with Crippen LogP contribution in [0.15, 0.2) is 71.8 Å². The van der Waals surface area contributed by atoms with E-state index in [1.54, 1.807) is 31.4 Å². The highest BCUT2D eigenvalue weighted by molar-refractivity contribution is 5.19. The second kappa shape index (κ2) is 53.9. The number of rotatable bonds is 58. The van der Waals surface area contributed by atoms with Gasteiger partial charge in [0.25, 0.3) is 0 Å². The van der Waals surface area contributed by atoms with Crippen LogP contribution in [-0.4, -0.2) is 52.4 Å². The van der Waals surface area contributed by atoms with E-state index in [1.165, 1.54) is 367 Å². The van der Waals surface area contributed by atoms with Crippen molar-refractivity contribution in [2.75, 3.05) is 52.4 Å². The fourth-order valence-electron chi connectivity index (χ4n) is 12.6. The summed E-state index contributed by atoms with van der Waals surface area (Å²) in [5, 5.41) is 0. The number of allylic oxidation sites excluding steroid dienone is 6. The first kappa shape index (κ1) is 68.5. The fourth-order valence-corrected chi connectivity index (χ4v) is 12.6. The van der Waals surface area contributed by atoms with Crippen molar-refractivity contribution in [3.8, 4) is 0 Å². The molecule has 76 heavy (non-hydrogen) atoms. The minimum atomic E-state index is 0.867. The molecule has 3 aliphatic heterocycles. The molecule has 0 aromatic rings. The predicted octanol–water partition coefficient (Wildman–Crippen LogP) is 16.8.